The SMILES string of the molecule is O=C1c2cccnc2C(=O)c2c1c(C(=O)N1CCCC1)c1ccc(Br)cn21. The minimum absolute atomic E-state index is 0.134. The number of hydrogen-bond donors (Lipinski definition) is 0. The van der Waals surface area contributed by atoms with E-state index in [9.17, 15) is 14.4 Å². The standard InChI is InChI=1S/C20H14BrN3O3/c21-11-5-6-13-14(20(27)23-8-1-2-9-23)15-17(24(13)10-11)19(26)16-12(18(15)25)4-3-7-22-16/h3-7,10H,1-2,8-9H2. The van der Waals surface area contributed by atoms with Crippen LogP contribution in [0, 0.1) is 0 Å². The Bertz CT molecular complexity index is 1160. The Balaban J connectivity index is 1.85. The highest BCUT2D eigenvalue weighted by Gasteiger charge is 2.39. The largest absolute Gasteiger partial charge is 0.339 e. The van der Waals surface area contributed by atoms with Crippen molar-refractivity contribution in [3.8, 4) is 0 Å². The summed E-state index contributed by atoms with van der Waals surface area (Å²) in [6.07, 6.45) is 5.11. The van der Waals surface area contributed by atoms with Gasteiger partial charge in [0.1, 0.15) is 11.4 Å². The minimum Gasteiger partial charge on any atom is -0.339 e. The summed E-state index contributed by atoms with van der Waals surface area (Å²) in [5, 5.41) is 0. The van der Waals surface area contributed by atoms with Crippen LogP contribution in [0.4, 0.5) is 0 Å². The lowest BCUT2D eigenvalue weighted by molar-refractivity contribution is 0.0790. The smallest absolute Gasteiger partial charge is 0.256 e. The first-order valence-electron chi connectivity index (χ1n) is 8.75. The lowest BCUT2D eigenvalue weighted by Gasteiger charge is -2.17. The Morgan fingerprint density at radius 2 is 1.85 bits per heavy atom. The number of likely N-dealkylation sites (tertiary alicyclic amines) is 1. The first-order valence-corrected chi connectivity index (χ1v) is 9.54. The Labute approximate surface area is 162 Å². The molecule has 4 heterocycles. The summed E-state index contributed by atoms with van der Waals surface area (Å²) < 4.78 is 2.39. The topological polar surface area (TPSA) is 71.7 Å². The van der Waals surface area contributed by atoms with Gasteiger partial charge in [0.25, 0.3) is 5.91 Å². The second-order valence-electron chi connectivity index (χ2n) is 6.76. The van der Waals surface area contributed by atoms with E-state index in [-0.39, 0.29) is 40.0 Å². The number of fused-ring (bicyclic) bond motifs is 4. The van der Waals surface area contributed by atoms with Gasteiger partial charge < -0.3 is 9.30 Å². The number of ketones is 2. The summed E-state index contributed by atoms with van der Waals surface area (Å²) in [5.74, 6) is -0.856. The number of hydrogen-bond acceptors (Lipinski definition) is 4. The van der Waals surface area contributed by atoms with Crippen molar-refractivity contribution in [1.82, 2.24) is 14.3 Å². The van der Waals surface area contributed by atoms with Gasteiger partial charge in [-0.25, -0.2) is 0 Å². The highest BCUT2D eigenvalue weighted by molar-refractivity contribution is 9.10. The van der Waals surface area contributed by atoms with Gasteiger partial charge in [0.2, 0.25) is 5.78 Å². The summed E-state index contributed by atoms with van der Waals surface area (Å²) >= 11 is 3.41. The average molecular weight is 424 g/mol. The van der Waals surface area contributed by atoms with Crippen LogP contribution < -0.4 is 0 Å². The second-order valence-corrected chi connectivity index (χ2v) is 7.67. The normalized spacial score (nSPS) is 16.0. The molecule has 0 atom stereocenters. The van der Waals surface area contributed by atoms with Crippen molar-refractivity contribution in [3.63, 3.8) is 0 Å². The summed E-state index contributed by atoms with van der Waals surface area (Å²) in [6, 6.07) is 6.80. The maximum atomic E-state index is 13.3. The van der Waals surface area contributed by atoms with Crippen LogP contribution in [-0.4, -0.2) is 44.8 Å². The second kappa shape index (κ2) is 5.85. The fourth-order valence-corrected chi connectivity index (χ4v) is 4.32. The third-order valence-electron chi connectivity index (χ3n) is 5.21. The highest BCUT2D eigenvalue weighted by Crippen LogP contribution is 2.35. The van der Waals surface area contributed by atoms with E-state index < -0.39 is 0 Å². The molecule has 1 saturated heterocycles. The van der Waals surface area contributed by atoms with Crippen molar-refractivity contribution < 1.29 is 14.4 Å². The molecule has 1 aliphatic heterocycles. The van der Waals surface area contributed by atoms with Crippen LogP contribution in [0.5, 0.6) is 0 Å². The van der Waals surface area contributed by atoms with Crippen molar-refractivity contribution in [2.45, 2.75) is 12.8 Å². The van der Waals surface area contributed by atoms with Gasteiger partial charge in [-0.3, -0.25) is 19.4 Å². The van der Waals surface area contributed by atoms with Crippen LogP contribution in [0.25, 0.3) is 5.52 Å². The number of carbonyl (C=O) groups is 3. The van der Waals surface area contributed by atoms with Gasteiger partial charge in [-0.15, -0.1) is 0 Å². The molecule has 0 spiro atoms. The maximum absolute atomic E-state index is 13.3. The molecule has 0 N–H and O–H groups in total. The molecule has 0 aromatic carbocycles. The lowest BCUT2D eigenvalue weighted by atomic mass is 9.89. The molecule has 6 nitrogen and oxygen atoms in total. The van der Waals surface area contributed by atoms with Crippen molar-refractivity contribution in [2.24, 2.45) is 0 Å². The Kier molecular flexibility index (Phi) is 3.55. The molecule has 27 heavy (non-hydrogen) atoms. The Morgan fingerprint density at radius 1 is 1.07 bits per heavy atom. The zero-order valence-electron chi connectivity index (χ0n) is 14.2. The lowest BCUT2D eigenvalue weighted by Crippen LogP contribution is -2.30. The van der Waals surface area contributed by atoms with E-state index in [1.54, 1.807) is 33.7 Å². The van der Waals surface area contributed by atoms with Crippen LogP contribution in [0.1, 0.15) is 55.3 Å². The van der Waals surface area contributed by atoms with Crippen molar-refractivity contribution >= 4 is 38.9 Å². The minimum atomic E-state index is -0.339. The number of pyridine rings is 2. The monoisotopic (exact) mass is 423 g/mol. The van der Waals surface area contributed by atoms with Crippen molar-refractivity contribution in [3.05, 3.63) is 69.2 Å². The molecule has 0 unspecified atom stereocenters. The summed E-state index contributed by atoms with van der Waals surface area (Å²) in [4.78, 5) is 45.6. The van der Waals surface area contributed by atoms with Gasteiger partial charge in [-0.2, -0.15) is 0 Å². The highest BCUT2D eigenvalue weighted by atomic mass is 79.9. The van der Waals surface area contributed by atoms with E-state index >= 15 is 0 Å². The number of aromatic nitrogens is 2. The fourth-order valence-electron chi connectivity index (χ4n) is 3.99. The summed E-state index contributed by atoms with van der Waals surface area (Å²) in [7, 11) is 0. The van der Waals surface area contributed by atoms with Gasteiger partial charge in [-0.05, 0) is 53.0 Å². The van der Waals surface area contributed by atoms with E-state index in [1.165, 1.54) is 6.20 Å². The van der Waals surface area contributed by atoms with Crippen LogP contribution in [0.3, 0.4) is 0 Å². The molecular formula is C20H14BrN3O3. The van der Waals surface area contributed by atoms with Gasteiger partial charge in [0, 0.05) is 30.0 Å². The van der Waals surface area contributed by atoms with E-state index in [1.807, 2.05) is 6.07 Å². The molecule has 0 radical (unpaired) electrons. The third-order valence-corrected chi connectivity index (χ3v) is 5.68. The van der Waals surface area contributed by atoms with Crippen LogP contribution in [0.15, 0.2) is 41.1 Å². The molecule has 2 aliphatic rings. The quantitative estimate of drug-likeness (QED) is 0.471. The molecule has 5 rings (SSSR count). The first-order chi connectivity index (χ1) is 13.1. The first kappa shape index (κ1) is 16.4. The molecule has 7 heteroatoms. The predicted octanol–water partition coefficient (Wildman–Crippen LogP) is 3.11. The number of halogens is 1. The van der Waals surface area contributed by atoms with Gasteiger partial charge in [-0.1, -0.05) is 0 Å². The van der Waals surface area contributed by atoms with E-state index in [0.29, 0.717) is 24.2 Å². The molecular weight excluding hydrogens is 410 g/mol. The van der Waals surface area contributed by atoms with E-state index in [0.717, 1.165) is 17.3 Å². The molecule has 1 amide bonds. The number of rotatable bonds is 1. The Morgan fingerprint density at radius 3 is 2.63 bits per heavy atom. The Hall–Kier alpha value is -2.80. The summed E-state index contributed by atoms with van der Waals surface area (Å²) in [6.45, 7) is 1.34. The van der Waals surface area contributed by atoms with E-state index in [4.69, 9.17) is 0 Å². The molecule has 0 bridgehead atoms. The molecule has 0 saturated carbocycles. The fraction of sp³-hybridized carbons (Fsp3) is 0.200. The predicted molar refractivity (Wildman–Crippen MR) is 101 cm³/mol. The molecule has 1 aliphatic carbocycles. The molecule has 3 aromatic rings. The third kappa shape index (κ3) is 2.24. The van der Waals surface area contributed by atoms with Crippen molar-refractivity contribution in [2.75, 3.05) is 13.1 Å². The van der Waals surface area contributed by atoms with Gasteiger partial charge in [0.05, 0.1) is 22.2 Å². The van der Waals surface area contributed by atoms with Crippen LogP contribution in [-0.2, 0) is 0 Å². The maximum Gasteiger partial charge on any atom is 0.256 e. The molecule has 134 valence electrons. The summed E-state index contributed by atoms with van der Waals surface area (Å²) in [5.41, 5.74) is 1.66. The van der Waals surface area contributed by atoms with Gasteiger partial charge >= 0.3 is 0 Å². The van der Waals surface area contributed by atoms with Crippen molar-refractivity contribution in [1.29, 1.82) is 0 Å². The average Bonchev–Trinajstić information content (AvgIpc) is 3.32. The molecule has 1 fully saturated rings. The number of amides is 1. The van der Waals surface area contributed by atoms with Gasteiger partial charge in [0.15, 0.2) is 5.78 Å². The number of nitrogens with zero attached hydrogens (tertiary/aromatic N) is 3. The van der Waals surface area contributed by atoms with Crippen LogP contribution >= 0.6 is 15.9 Å². The van der Waals surface area contributed by atoms with E-state index in [2.05, 4.69) is 20.9 Å². The van der Waals surface area contributed by atoms with Crippen LogP contribution in [0.2, 0.25) is 0 Å². The number of carbonyl (C=O) groups excluding carboxylic acids is 3. The molecule has 3 aromatic heterocycles. The zero-order chi connectivity index (χ0) is 18.7. The zero-order valence-corrected chi connectivity index (χ0v) is 15.8.